The van der Waals surface area contributed by atoms with E-state index >= 15 is 0 Å². The highest BCUT2D eigenvalue weighted by molar-refractivity contribution is 5.96. The van der Waals surface area contributed by atoms with Crippen LogP contribution in [0.4, 0.5) is 0 Å². The number of amides is 2. The number of ether oxygens (including phenoxy) is 2. The molecule has 2 fully saturated rings. The number of nitrogens with zero attached hydrogens (tertiary/aromatic N) is 3. The van der Waals surface area contributed by atoms with Crippen molar-refractivity contribution in [3.8, 4) is 5.88 Å². The molecule has 1 unspecified atom stereocenters. The van der Waals surface area contributed by atoms with Crippen molar-refractivity contribution in [2.24, 2.45) is 5.41 Å². The van der Waals surface area contributed by atoms with Gasteiger partial charge in [-0.3, -0.25) is 9.59 Å². The van der Waals surface area contributed by atoms with Crippen molar-refractivity contribution in [1.29, 1.82) is 0 Å². The molecule has 0 radical (unpaired) electrons. The third kappa shape index (κ3) is 4.63. The van der Waals surface area contributed by atoms with Crippen LogP contribution >= 0.6 is 0 Å². The quantitative estimate of drug-likeness (QED) is 0.670. The molecule has 7 nitrogen and oxygen atoms in total. The third-order valence-corrected chi connectivity index (χ3v) is 5.76. The van der Waals surface area contributed by atoms with Crippen LogP contribution in [0.2, 0.25) is 0 Å². The molecule has 2 aliphatic rings. The zero-order chi connectivity index (χ0) is 20.0. The fourth-order valence-electron chi connectivity index (χ4n) is 4.40. The molecule has 1 atom stereocenters. The minimum atomic E-state index is -0.0292. The lowest BCUT2D eigenvalue weighted by Crippen LogP contribution is -2.55. The Morgan fingerprint density at radius 1 is 1.32 bits per heavy atom. The van der Waals surface area contributed by atoms with E-state index < -0.39 is 0 Å². The first-order valence-electron chi connectivity index (χ1n) is 10.2. The highest BCUT2D eigenvalue weighted by atomic mass is 16.5. The Hall–Kier alpha value is -2.15. The van der Waals surface area contributed by atoms with Crippen molar-refractivity contribution in [3.63, 3.8) is 0 Å². The van der Waals surface area contributed by atoms with Crippen LogP contribution in [0.1, 0.15) is 49.4 Å². The minimum absolute atomic E-state index is 0.0110. The maximum absolute atomic E-state index is 13.2. The predicted molar refractivity (Wildman–Crippen MR) is 105 cm³/mol. The lowest BCUT2D eigenvalue weighted by atomic mass is 9.73. The van der Waals surface area contributed by atoms with E-state index in [2.05, 4.69) is 4.98 Å². The topological polar surface area (TPSA) is 72.0 Å². The fraction of sp³-hybridized carbons (Fsp3) is 0.667. The number of carbonyl (C=O) groups is 2. The van der Waals surface area contributed by atoms with E-state index in [4.69, 9.17) is 9.47 Å². The van der Waals surface area contributed by atoms with Gasteiger partial charge in [0.1, 0.15) is 5.56 Å². The summed E-state index contributed by atoms with van der Waals surface area (Å²) in [4.78, 5) is 33.6. The number of methoxy groups -OCH3 is 1. The van der Waals surface area contributed by atoms with Gasteiger partial charge < -0.3 is 19.3 Å². The average Bonchev–Trinajstić information content (AvgIpc) is 2.71. The van der Waals surface area contributed by atoms with E-state index in [1.807, 2.05) is 16.7 Å². The smallest absolute Gasteiger partial charge is 0.259 e. The number of hydrogen-bond acceptors (Lipinski definition) is 5. The lowest BCUT2D eigenvalue weighted by Gasteiger charge is -2.48. The summed E-state index contributed by atoms with van der Waals surface area (Å²) in [6.07, 6.45) is 5.90. The van der Waals surface area contributed by atoms with Gasteiger partial charge in [-0.25, -0.2) is 4.98 Å². The molecule has 2 amide bonds. The Balaban J connectivity index is 1.71. The highest BCUT2D eigenvalue weighted by Gasteiger charge is 2.43. The molecule has 154 valence electrons. The summed E-state index contributed by atoms with van der Waals surface area (Å²) in [5, 5.41) is 0. The summed E-state index contributed by atoms with van der Waals surface area (Å²) in [5.74, 6) is 0.587. The van der Waals surface area contributed by atoms with Crippen LogP contribution in [-0.2, 0) is 9.53 Å². The van der Waals surface area contributed by atoms with Gasteiger partial charge in [0, 0.05) is 57.9 Å². The van der Waals surface area contributed by atoms with Crippen LogP contribution in [0.5, 0.6) is 5.88 Å². The van der Waals surface area contributed by atoms with Gasteiger partial charge in [0.05, 0.1) is 6.61 Å². The van der Waals surface area contributed by atoms with Gasteiger partial charge in [0.25, 0.3) is 5.91 Å². The van der Waals surface area contributed by atoms with Crippen molar-refractivity contribution in [2.45, 2.75) is 39.0 Å². The van der Waals surface area contributed by atoms with Crippen LogP contribution in [-0.4, -0.2) is 73.1 Å². The second kappa shape index (κ2) is 9.37. The van der Waals surface area contributed by atoms with Crippen molar-refractivity contribution >= 4 is 11.8 Å². The highest BCUT2D eigenvalue weighted by Crippen LogP contribution is 2.39. The standard InChI is InChI=1S/C21H31N3O4/c1-3-28-19-17(7-4-11-22-19)20(26)24-12-5-9-21(16-24)10-8-18(25)23(15-21)13-6-14-27-2/h4,7,11H,3,5-6,8-10,12-16H2,1-2H3. The zero-order valence-electron chi connectivity index (χ0n) is 17.0. The second-order valence-electron chi connectivity index (χ2n) is 7.78. The lowest BCUT2D eigenvalue weighted by molar-refractivity contribution is -0.139. The Kier molecular flexibility index (Phi) is 6.88. The van der Waals surface area contributed by atoms with E-state index in [9.17, 15) is 9.59 Å². The van der Waals surface area contributed by atoms with Crippen LogP contribution in [0.15, 0.2) is 18.3 Å². The van der Waals surface area contributed by atoms with Gasteiger partial charge in [0.2, 0.25) is 11.8 Å². The van der Waals surface area contributed by atoms with Gasteiger partial charge in [-0.05, 0) is 44.7 Å². The molecule has 0 aromatic carbocycles. The first-order chi connectivity index (χ1) is 13.6. The Morgan fingerprint density at radius 2 is 2.18 bits per heavy atom. The zero-order valence-corrected chi connectivity index (χ0v) is 17.0. The summed E-state index contributed by atoms with van der Waals surface area (Å²) in [6, 6.07) is 3.55. The first-order valence-corrected chi connectivity index (χ1v) is 10.2. The number of aromatic nitrogens is 1. The van der Waals surface area contributed by atoms with Crippen molar-refractivity contribution < 1.29 is 19.1 Å². The summed E-state index contributed by atoms with van der Waals surface area (Å²) in [5.41, 5.74) is 0.508. The van der Waals surface area contributed by atoms with Crippen molar-refractivity contribution in [3.05, 3.63) is 23.9 Å². The first kappa shape index (κ1) is 20.6. The summed E-state index contributed by atoms with van der Waals surface area (Å²) < 4.78 is 10.7. The van der Waals surface area contributed by atoms with Crippen LogP contribution < -0.4 is 4.74 Å². The van der Waals surface area contributed by atoms with E-state index in [1.165, 1.54) is 0 Å². The van der Waals surface area contributed by atoms with Crippen LogP contribution in [0, 0.1) is 5.41 Å². The molecule has 0 saturated carbocycles. The molecule has 1 aromatic heterocycles. The number of carbonyl (C=O) groups excluding carboxylic acids is 2. The second-order valence-corrected chi connectivity index (χ2v) is 7.78. The number of piperidine rings is 2. The van der Waals surface area contributed by atoms with Crippen molar-refractivity contribution in [1.82, 2.24) is 14.8 Å². The van der Waals surface area contributed by atoms with Crippen LogP contribution in [0.25, 0.3) is 0 Å². The van der Waals surface area contributed by atoms with Gasteiger partial charge in [-0.15, -0.1) is 0 Å². The molecule has 0 N–H and O–H groups in total. The molecule has 1 spiro atoms. The van der Waals surface area contributed by atoms with Gasteiger partial charge >= 0.3 is 0 Å². The molecule has 0 aliphatic carbocycles. The molecule has 28 heavy (non-hydrogen) atoms. The van der Waals surface area contributed by atoms with Crippen molar-refractivity contribution in [2.75, 3.05) is 46.5 Å². The maximum Gasteiger partial charge on any atom is 0.259 e. The van der Waals surface area contributed by atoms with E-state index in [0.29, 0.717) is 37.6 Å². The molecule has 0 bridgehead atoms. The third-order valence-electron chi connectivity index (χ3n) is 5.76. The SMILES string of the molecule is CCOc1ncccc1C(=O)N1CCCC2(CCC(=O)N(CCCOC)C2)C1. The molecule has 3 rings (SSSR count). The summed E-state index contributed by atoms with van der Waals surface area (Å²) >= 11 is 0. The Morgan fingerprint density at radius 3 is 2.96 bits per heavy atom. The number of likely N-dealkylation sites (tertiary alicyclic amines) is 2. The van der Waals surface area contributed by atoms with E-state index in [1.54, 1.807) is 25.4 Å². The molecular weight excluding hydrogens is 358 g/mol. The van der Waals surface area contributed by atoms with Crippen LogP contribution in [0.3, 0.4) is 0 Å². The Labute approximate surface area is 167 Å². The predicted octanol–water partition coefficient (Wildman–Crippen LogP) is 2.36. The van der Waals surface area contributed by atoms with Gasteiger partial charge in [0.15, 0.2) is 0 Å². The number of pyridine rings is 1. The fourth-order valence-corrected chi connectivity index (χ4v) is 4.40. The molecule has 2 aliphatic heterocycles. The summed E-state index contributed by atoms with van der Waals surface area (Å²) in [6.45, 7) is 5.88. The van der Waals surface area contributed by atoms with E-state index in [-0.39, 0.29) is 17.2 Å². The Bertz CT molecular complexity index is 696. The minimum Gasteiger partial charge on any atom is -0.477 e. The van der Waals surface area contributed by atoms with E-state index in [0.717, 1.165) is 45.3 Å². The monoisotopic (exact) mass is 389 g/mol. The number of hydrogen-bond donors (Lipinski definition) is 0. The van der Waals surface area contributed by atoms with Gasteiger partial charge in [-0.2, -0.15) is 0 Å². The summed E-state index contributed by atoms with van der Waals surface area (Å²) in [7, 11) is 1.68. The normalized spacial score (nSPS) is 22.6. The van der Waals surface area contributed by atoms with Gasteiger partial charge in [-0.1, -0.05) is 0 Å². The molecule has 3 heterocycles. The molecule has 2 saturated heterocycles. The maximum atomic E-state index is 13.2. The molecule has 1 aromatic rings. The molecule has 7 heteroatoms. The largest absolute Gasteiger partial charge is 0.477 e. The molecular formula is C21H31N3O4. The average molecular weight is 389 g/mol. The number of rotatable bonds is 7.